The molecule has 3 nitrogen and oxygen atoms in total. The summed E-state index contributed by atoms with van der Waals surface area (Å²) in [6.45, 7) is 4.85. The maximum atomic E-state index is 12.2. The maximum Gasteiger partial charge on any atom is 0.261 e. The van der Waals surface area contributed by atoms with Crippen molar-refractivity contribution in [3.05, 3.63) is 42.5 Å². The van der Waals surface area contributed by atoms with Crippen LogP contribution in [0.3, 0.4) is 0 Å². The molecule has 3 heteroatoms. The van der Waals surface area contributed by atoms with Gasteiger partial charge < -0.3 is 10.1 Å². The smallest absolute Gasteiger partial charge is 0.261 e. The zero-order valence-electron chi connectivity index (χ0n) is 13.5. The SMILES string of the molecule is CCCCCNC(=O)[C@@H](CC)Oc1cccc2ccccc12. The Morgan fingerprint density at radius 1 is 1.09 bits per heavy atom. The van der Waals surface area contributed by atoms with Gasteiger partial charge >= 0.3 is 0 Å². The summed E-state index contributed by atoms with van der Waals surface area (Å²) >= 11 is 0. The van der Waals surface area contributed by atoms with E-state index < -0.39 is 6.10 Å². The molecule has 1 N–H and O–H groups in total. The van der Waals surface area contributed by atoms with Crippen LogP contribution in [0.4, 0.5) is 0 Å². The van der Waals surface area contributed by atoms with Crippen LogP contribution in [0.15, 0.2) is 42.5 Å². The average Bonchev–Trinajstić information content (AvgIpc) is 2.56. The monoisotopic (exact) mass is 299 g/mol. The molecule has 0 aliphatic heterocycles. The maximum absolute atomic E-state index is 12.2. The van der Waals surface area contributed by atoms with Gasteiger partial charge in [0.05, 0.1) is 0 Å². The number of fused-ring (bicyclic) bond motifs is 1. The predicted molar refractivity (Wildman–Crippen MR) is 91.2 cm³/mol. The van der Waals surface area contributed by atoms with Crippen molar-refractivity contribution in [1.82, 2.24) is 5.32 Å². The number of benzene rings is 2. The zero-order chi connectivity index (χ0) is 15.8. The Morgan fingerprint density at radius 2 is 1.86 bits per heavy atom. The van der Waals surface area contributed by atoms with Crippen LogP contribution in [0.25, 0.3) is 10.8 Å². The van der Waals surface area contributed by atoms with Crippen LogP contribution in [0.1, 0.15) is 39.5 Å². The number of rotatable bonds is 8. The highest BCUT2D eigenvalue weighted by atomic mass is 16.5. The van der Waals surface area contributed by atoms with Gasteiger partial charge in [0.25, 0.3) is 5.91 Å². The van der Waals surface area contributed by atoms with E-state index in [4.69, 9.17) is 4.74 Å². The van der Waals surface area contributed by atoms with Crippen molar-refractivity contribution in [2.75, 3.05) is 6.54 Å². The summed E-state index contributed by atoms with van der Waals surface area (Å²) in [7, 11) is 0. The third kappa shape index (κ3) is 4.23. The molecular formula is C19H25NO2. The third-order valence-corrected chi connectivity index (χ3v) is 3.76. The molecule has 0 aliphatic rings. The Labute approximate surface area is 132 Å². The number of ether oxygens (including phenoxy) is 1. The Hall–Kier alpha value is -2.03. The van der Waals surface area contributed by atoms with Crippen molar-refractivity contribution in [2.24, 2.45) is 0 Å². The normalized spacial score (nSPS) is 12.1. The Balaban J connectivity index is 2.04. The Morgan fingerprint density at radius 3 is 2.64 bits per heavy atom. The molecule has 2 aromatic rings. The molecule has 0 spiro atoms. The molecule has 0 saturated heterocycles. The third-order valence-electron chi connectivity index (χ3n) is 3.76. The van der Waals surface area contributed by atoms with E-state index in [1.165, 1.54) is 0 Å². The van der Waals surface area contributed by atoms with Gasteiger partial charge in [-0.2, -0.15) is 0 Å². The molecule has 2 aromatic carbocycles. The lowest BCUT2D eigenvalue weighted by Gasteiger charge is -2.18. The zero-order valence-corrected chi connectivity index (χ0v) is 13.5. The molecule has 2 rings (SSSR count). The molecule has 0 radical (unpaired) electrons. The molecule has 118 valence electrons. The van der Waals surface area contributed by atoms with E-state index in [0.29, 0.717) is 6.42 Å². The minimum absolute atomic E-state index is 0.0217. The molecule has 0 aliphatic carbocycles. The lowest BCUT2D eigenvalue weighted by Crippen LogP contribution is -2.38. The Bertz CT molecular complexity index is 604. The first-order chi connectivity index (χ1) is 10.8. The quantitative estimate of drug-likeness (QED) is 0.738. The van der Waals surface area contributed by atoms with Crippen LogP contribution in [0.5, 0.6) is 5.75 Å². The van der Waals surface area contributed by atoms with Gasteiger partial charge in [0.2, 0.25) is 0 Å². The van der Waals surface area contributed by atoms with Crippen molar-refractivity contribution in [3.63, 3.8) is 0 Å². The largest absolute Gasteiger partial charge is 0.480 e. The van der Waals surface area contributed by atoms with Crippen molar-refractivity contribution in [3.8, 4) is 5.75 Å². The summed E-state index contributed by atoms with van der Waals surface area (Å²) in [5.74, 6) is 0.750. The number of hydrogen-bond acceptors (Lipinski definition) is 2. The van der Waals surface area contributed by atoms with Crippen molar-refractivity contribution < 1.29 is 9.53 Å². The van der Waals surface area contributed by atoms with E-state index >= 15 is 0 Å². The molecule has 0 heterocycles. The number of hydrogen-bond donors (Lipinski definition) is 1. The molecule has 22 heavy (non-hydrogen) atoms. The summed E-state index contributed by atoms with van der Waals surface area (Å²) in [5.41, 5.74) is 0. The van der Waals surface area contributed by atoms with Crippen LogP contribution in [-0.2, 0) is 4.79 Å². The van der Waals surface area contributed by atoms with Gasteiger partial charge in [-0.15, -0.1) is 0 Å². The van der Waals surface area contributed by atoms with E-state index in [2.05, 4.69) is 12.2 Å². The van der Waals surface area contributed by atoms with Gasteiger partial charge in [-0.3, -0.25) is 4.79 Å². The first-order valence-corrected chi connectivity index (χ1v) is 8.18. The van der Waals surface area contributed by atoms with Gasteiger partial charge in [0, 0.05) is 11.9 Å². The standard InChI is InChI=1S/C19H25NO2/c1-3-5-8-14-20-19(21)17(4-2)22-18-13-9-11-15-10-6-7-12-16(15)18/h6-7,9-13,17H,3-5,8,14H2,1-2H3,(H,20,21)/t17-/m1/s1. The minimum Gasteiger partial charge on any atom is -0.480 e. The van der Waals surface area contributed by atoms with Crippen LogP contribution in [-0.4, -0.2) is 18.6 Å². The van der Waals surface area contributed by atoms with Crippen LogP contribution in [0, 0.1) is 0 Å². The highest BCUT2D eigenvalue weighted by molar-refractivity contribution is 5.89. The summed E-state index contributed by atoms with van der Waals surface area (Å²) in [5, 5.41) is 5.14. The average molecular weight is 299 g/mol. The molecule has 1 amide bonds. The second kappa shape index (κ2) is 8.42. The van der Waals surface area contributed by atoms with E-state index in [0.717, 1.165) is 42.3 Å². The van der Waals surface area contributed by atoms with Crippen LogP contribution >= 0.6 is 0 Å². The molecule has 1 atom stereocenters. The molecule has 0 fully saturated rings. The van der Waals surface area contributed by atoms with Gasteiger partial charge in [-0.1, -0.05) is 63.1 Å². The fourth-order valence-electron chi connectivity index (χ4n) is 2.47. The lowest BCUT2D eigenvalue weighted by atomic mass is 10.1. The lowest BCUT2D eigenvalue weighted by molar-refractivity contribution is -0.128. The van der Waals surface area contributed by atoms with Crippen molar-refractivity contribution in [1.29, 1.82) is 0 Å². The minimum atomic E-state index is -0.438. The first kappa shape index (κ1) is 16.3. The fraction of sp³-hybridized carbons (Fsp3) is 0.421. The molecular weight excluding hydrogens is 274 g/mol. The molecule has 0 unspecified atom stereocenters. The second-order valence-corrected chi connectivity index (χ2v) is 5.49. The van der Waals surface area contributed by atoms with E-state index in [1.807, 2.05) is 49.4 Å². The number of carbonyl (C=O) groups is 1. The number of amides is 1. The second-order valence-electron chi connectivity index (χ2n) is 5.49. The van der Waals surface area contributed by atoms with Crippen molar-refractivity contribution >= 4 is 16.7 Å². The topological polar surface area (TPSA) is 38.3 Å². The number of carbonyl (C=O) groups excluding carboxylic acids is 1. The van der Waals surface area contributed by atoms with E-state index in [-0.39, 0.29) is 5.91 Å². The van der Waals surface area contributed by atoms with E-state index in [9.17, 15) is 4.79 Å². The summed E-state index contributed by atoms with van der Waals surface area (Å²) in [4.78, 5) is 12.2. The number of nitrogens with one attached hydrogen (secondary N) is 1. The van der Waals surface area contributed by atoms with E-state index in [1.54, 1.807) is 0 Å². The molecule has 0 saturated carbocycles. The molecule has 0 aromatic heterocycles. The molecule has 0 bridgehead atoms. The van der Waals surface area contributed by atoms with Gasteiger partial charge in [-0.05, 0) is 24.3 Å². The fourth-order valence-corrected chi connectivity index (χ4v) is 2.47. The number of unbranched alkanes of at least 4 members (excludes halogenated alkanes) is 2. The van der Waals surface area contributed by atoms with Crippen LogP contribution in [0.2, 0.25) is 0 Å². The van der Waals surface area contributed by atoms with Gasteiger partial charge in [-0.25, -0.2) is 0 Å². The highest BCUT2D eigenvalue weighted by Gasteiger charge is 2.18. The van der Waals surface area contributed by atoms with Gasteiger partial charge in [0.15, 0.2) is 6.10 Å². The van der Waals surface area contributed by atoms with Crippen molar-refractivity contribution in [2.45, 2.75) is 45.6 Å². The first-order valence-electron chi connectivity index (χ1n) is 8.18. The predicted octanol–water partition coefficient (Wildman–Crippen LogP) is 4.30. The van der Waals surface area contributed by atoms with Gasteiger partial charge in [0.1, 0.15) is 5.75 Å². The van der Waals surface area contributed by atoms with Crippen LogP contribution < -0.4 is 10.1 Å². The Kier molecular flexibility index (Phi) is 6.26. The summed E-state index contributed by atoms with van der Waals surface area (Å²) in [6, 6.07) is 14.0. The highest BCUT2D eigenvalue weighted by Crippen LogP contribution is 2.26. The summed E-state index contributed by atoms with van der Waals surface area (Å²) in [6.07, 6.45) is 3.53. The summed E-state index contributed by atoms with van der Waals surface area (Å²) < 4.78 is 5.98.